The third-order valence-corrected chi connectivity index (χ3v) is 13.2. The summed E-state index contributed by atoms with van der Waals surface area (Å²) in [6, 6.07) is 1.37. The third kappa shape index (κ3) is 4.32. The molecule has 18 nitrogen and oxygen atoms in total. The van der Waals surface area contributed by atoms with Crippen LogP contribution in [0.5, 0.6) is 0 Å². The minimum Gasteiger partial charge on any atom is -0.472 e. The highest BCUT2D eigenvalue weighted by Crippen LogP contribution is 2.84. The molecule has 5 fully saturated rings. The van der Waals surface area contributed by atoms with Crippen molar-refractivity contribution in [2.75, 3.05) is 7.11 Å². The van der Waals surface area contributed by atoms with E-state index in [1.165, 1.54) is 26.2 Å². The van der Waals surface area contributed by atoms with Gasteiger partial charge < -0.3 is 58.4 Å². The van der Waals surface area contributed by atoms with Crippen LogP contribution < -0.4 is 0 Å². The Hall–Kier alpha value is -4.10. The van der Waals surface area contributed by atoms with Gasteiger partial charge in [-0.1, -0.05) is 20.8 Å². The summed E-state index contributed by atoms with van der Waals surface area (Å²) in [6.45, 7) is 7.72. The molecule has 1 aliphatic heterocycles. The van der Waals surface area contributed by atoms with Crippen LogP contribution in [0.3, 0.4) is 0 Å². The van der Waals surface area contributed by atoms with Gasteiger partial charge in [-0.15, -0.1) is 0 Å². The maximum atomic E-state index is 13.9. The van der Waals surface area contributed by atoms with Gasteiger partial charge in [0.2, 0.25) is 0 Å². The van der Waals surface area contributed by atoms with E-state index in [0.717, 1.165) is 48.0 Å². The van der Waals surface area contributed by atoms with Crippen LogP contribution in [0.4, 0.5) is 0 Å². The number of aliphatic hydroxyl groups excluding tert-OH is 1. The van der Waals surface area contributed by atoms with E-state index >= 15 is 0 Å². The standard InChI is InChI=1S/C35H44O18/c1-14(36)49-23(18-9-10-48-12-18)30(6)19-11-20(40)53-28-33(19,44)35(46,25(51-16(3)38)24(30)50-15(2)37)31(7)22(21(41)26(42)47-8)29(5)13-32(31,43)34(28,45)27(29)52-17(4)39/h9-10,12,19,21-25,27-28,41,43-46H,11,13H2,1-8H3. The lowest BCUT2D eigenvalue weighted by Gasteiger charge is -2.78. The molecule has 0 aromatic carbocycles. The maximum absolute atomic E-state index is 13.9. The van der Waals surface area contributed by atoms with Gasteiger partial charge in [-0.3, -0.25) is 24.0 Å². The van der Waals surface area contributed by atoms with Crippen LogP contribution in [0.15, 0.2) is 23.0 Å². The zero-order valence-electron chi connectivity index (χ0n) is 30.3. The summed E-state index contributed by atoms with van der Waals surface area (Å²) < 4.78 is 39.1. The normalized spacial score (nSPS) is 45.9. The Morgan fingerprint density at radius 2 is 1.45 bits per heavy atom. The van der Waals surface area contributed by atoms with Gasteiger partial charge >= 0.3 is 35.8 Å². The molecule has 1 aromatic heterocycles. The number of fused-ring (bicyclic) bond motifs is 3. The molecular weight excluding hydrogens is 708 g/mol. The van der Waals surface area contributed by atoms with E-state index < -0.39 is 136 Å². The average Bonchev–Trinajstić information content (AvgIpc) is 3.70. The van der Waals surface area contributed by atoms with E-state index in [1.54, 1.807) is 0 Å². The zero-order valence-corrected chi connectivity index (χ0v) is 30.3. The molecule has 15 atom stereocenters. The second-order valence-electron chi connectivity index (χ2n) is 15.7. The Bertz CT molecular complexity index is 1760. The number of ether oxygens (including phenoxy) is 6. The Morgan fingerprint density at radius 1 is 0.868 bits per heavy atom. The second-order valence-corrected chi connectivity index (χ2v) is 15.7. The third-order valence-electron chi connectivity index (χ3n) is 13.2. The molecule has 292 valence electrons. The molecule has 0 spiro atoms. The molecule has 18 heteroatoms. The van der Waals surface area contributed by atoms with Gasteiger partial charge in [0.05, 0.1) is 31.5 Å². The summed E-state index contributed by atoms with van der Waals surface area (Å²) in [5, 5.41) is 65.5. The van der Waals surface area contributed by atoms with Crippen LogP contribution in [-0.4, -0.2) is 121 Å². The monoisotopic (exact) mass is 752 g/mol. The fourth-order valence-corrected chi connectivity index (χ4v) is 11.7. The molecule has 1 aromatic rings. The van der Waals surface area contributed by atoms with Gasteiger partial charge in [-0.25, -0.2) is 4.79 Å². The lowest BCUT2D eigenvalue weighted by Crippen LogP contribution is -2.98. The predicted molar refractivity (Wildman–Crippen MR) is 168 cm³/mol. The molecule has 15 unspecified atom stereocenters. The Morgan fingerprint density at radius 3 is 1.96 bits per heavy atom. The highest BCUT2D eigenvalue weighted by Gasteiger charge is 3.01. The van der Waals surface area contributed by atoms with E-state index in [0.29, 0.717) is 0 Å². The topological polar surface area (TPSA) is 272 Å². The number of carbonyl (C=O) groups excluding carboxylic acids is 6. The van der Waals surface area contributed by atoms with Crippen molar-refractivity contribution in [2.24, 2.45) is 28.1 Å². The molecule has 53 heavy (non-hydrogen) atoms. The Labute approximate surface area is 302 Å². The van der Waals surface area contributed by atoms with Crippen molar-refractivity contribution in [2.45, 2.75) is 120 Å². The summed E-state index contributed by atoms with van der Waals surface area (Å²) in [5.74, 6) is -10.2. The van der Waals surface area contributed by atoms with Crippen LogP contribution in [0.2, 0.25) is 0 Å². The summed E-state index contributed by atoms with van der Waals surface area (Å²) >= 11 is 0. The Balaban J connectivity index is 1.80. The van der Waals surface area contributed by atoms with Crippen LogP contribution >= 0.6 is 0 Å². The van der Waals surface area contributed by atoms with Crippen LogP contribution in [0.1, 0.15) is 73.0 Å². The average molecular weight is 753 g/mol. The van der Waals surface area contributed by atoms with E-state index in [-0.39, 0.29) is 5.56 Å². The summed E-state index contributed by atoms with van der Waals surface area (Å²) in [4.78, 5) is 78.8. The molecule has 4 aliphatic carbocycles. The van der Waals surface area contributed by atoms with E-state index in [1.807, 2.05) is 0 Å². The van der Waals surface area contributed by atoms with E-state index in [9.17, 15) is 54.3 Å². The fraction of sp³-hybridized carbons (Fsp3) is 0.714. The highest BCUT2D eigenvalue weighted by atomic mass is 16.6. The number of hydrogen-bond donors (Lipinski definition) is 5. The van der Waals surface area contributed by atoms with Crippen LogP contribution in [0.25, 0.3) is 0 Å². The van der Waals surface area contributed by atoms with Crippen molar-refractivity contribution in [3.8, 4) is 0 Å². The molecule has 5 aliphatic rings. The van der Waals surface area contributed by atoms with E-state index in [4.69, 9.17) is 32.8 Å². The number of esters is 6. The van der Waals surface area contributed by atoms with Crippen LogP contribution in [-0.2, 0) is 57.2 Å². The number of carbonyl (C=O) groups is 6. The van der Waals surface area contributed by atoms with Crippen molar-refractivity contribution in [1.29, 1.82) is 0 Å². The first kappa shape index (κ1) is 38.6. The molecule has 5 N–H and O–H groups in total. The largest absolute Gasteiger partial charge is 0.472 e. The SMILES string of the molecule is COC(=O)C(O)C1C2(C)CC3(O)C(O)(C2OC(C)=O)C2OC(=O)CC4C(C)(C(OC(C)=O)c5ccoc5)C(OC(C)=O)C(OC(C)=O)C(O)(C42O)C13C. The quantitative estimate of drug-likeness (QED) is 0.160. The number of methoxy groups -OCH3 is 1. The first-order valence-electron chi connectivity index (χ1n) is 17.0. The molecule has 1 saturated heterocycles. The lowest BCUT2D eigenvalue weighted by molar-refractivity contribution is -0.468. The van der Waals surface area contributed by atoms with Crippen molar-refractivity contribution in [3.05, 3.63) is 24.2 Å². The van der Waals surface area contributed by atoms with Gasteiger partial charge in [-0.05, 0) is 12.5 Å². The van der Waals surface area contributed by atoms with Gasteiger partial charge in [-0.2, -0.15) is 0 Å². The van der Waals surface area contributed by atoms with Crippen LogP contribution in [0, 0.1) is 28.1 Å². The van der Waals surface area contributed by atoms with Gasteiger partial charge in [0.25, 0.3) is 0 Å². The number of aliphatic hydroxyl groups is 5. The van der Waals surface area contributed by atoms with Gasteiger partial charge in [0.1, 0.15) is 29.0 Å². The molecule has 4 saturated carbocycles. The molecular formula is C35H44O18. The number of furan rings is 1. The second kappa shape index (κ2) is 11.7. The molecule has 0 amide bonds. The summed E-state index contributed by atoms with van der Waals surface area (Å²) in [6.07, 6.45) is -11.8. The van der Waals surface area contributed by atoms with Crippen molar-refractivity contribution in [1.82, 2.24) is 0 Å². The van der Waals surface area contributed by atoms with Gasteiger partial charge in [0, 0.05) is 55.9 Å². The Kier molecular flexibility index (Phi) is 8.52. The number of rotatable bonds is 8. The smallest absolute Gasteiger partial charge is 0.335 e. The minimum absolute atomic E-state index is 0.0945. The van der Waals surface area contributed by atoms with E-state index in [2.05, 4.69) is 0 Å². The van der Waals surface area contributed by atoms with Gasteiger partial charge in [0.15, 0.2) is 30.0 Å². The van der Waals surface area contributed by atoms with Crippen molar-refractivity contribution in [3.63, 3.8) is 0 Å². The van der Waals surface area contributed by atoms with Crippen molar-refractivity contribution >= 4 is 35.8 Å². The maximum Gasteiger partial charge on any atom is 0.335 e. The zero-order chi connectivity index (χ0) is 39.6. The fourth-order valence-electron chi connectivity index (χ4n) is 11.7. The van der Waals surface area contributed by atoms with Crippen molar-refractivity contribution < 1.29 is 87.1 Å². The molecule has 2 heterocycles. The summed E-state index contributed by atoms with van der Waals surface area (Å²) in [5.41, 5.74) is -18.9. The first-order chi connectivity index (χ1) is 24.4. The molecule has 0 radical (unpaired) electrons. The predicted octanol–water partition coefficient (Wildman–Crippen LogP) is -0.851. The number of hydrogen-bond acceptors (Lipinski definition) is 18. The lowest BCUT2D eigenvalue weighted by atomic mass is 9.32. The highest BCUT2D eigenvalue weighted by molar-refractivity contribution is 5.77. The minimum atomic E-state index is -3.27. The molecule has 6 rings (SSSR count). The summed E-state index contributed by atoms with van der Waals surface area (Å²) in [7, 11) is 0.948. The first-order valence-corrected chi connectivity index (χ1v) is 17.0. The molecule has 2 bridgehead atoms.